The molecule has 5 heteroatoms. The lowest BCUT2D eigenvalue weighted by Gasteiger charge is -2.11. The molecule has 0 saturated carbocycles. The number of guanidine groups is 1. The maximum atomic E-state index is 4.64. The maximum Gasteiger partial charge on any atom is 0.191 e. The van der Waals surface area contributed by atoms with E-state index >= 15 is 0 Å². The van der Waals surface area contributed by atoms with E-state index in [1.54, 1.807) is 0 Å². The van der Waals surface area contributed by atoms with Gasteiger partial charge in [-0.1, -0.05) is 48.5 Å². The molecule has 0 aliphatic rings. The molecule has 0 saturated heterocycles. The molecule has 0 bridgehead atoms. The van der Waals surface area contributed by atoms with E-state index in [0.717, 1.165) is 36.9 Å². The number of para-hydroxylation sites is 1. The molecule has 0 amide bonds. The van der Waals surface area contributed by atoms with Crippen molar-refractivity contribution in [2.75, 3.05) is 13.1 Å². The first-order chi connectivity index (χ1) is 12.8. The van der Waals surface area contributed by atoms with E-state index < -0.39 is 0 Å². The molecule has 0 aliphatic carbocycles. The standard InChI is InChI=1S/C21H25N5/c1-2-22-21(23-15-13-18-9-5-3-6-10-18)24-17-19-14-16-26(25-19)20-11-7-4-8-12-20/h3-12,14,16H,2,13,15,17H2,1H3,(H2,22,23,24). The van der Waals surface area contributed by atoms with Crippen LogP contribution < -0.4 is 10.6 Å². The Labute approximate surface area is 154 Å². The van der Waals surface area contributed by atoms with Gasteiger partial charge in [0.05, 0.1) is 17.9 Å². The van der Waals surface area contributed by atoms with E-state index in [-0.39, 0.29) is 0 Å². The minimum Gasteiger partial charge on any atom is -0.357 e. The summed E-state index contributed by atoms with van der Waals surface area (Å²) >= 11 is 0. The van der Waals surface area contributed by atoms with Crippen LogP contribution in [0.3, 0.4) is 0 Å². The summed E-state index contributed by atoms with van der Waals surface area (Å²) in [5.41, 5.74) is 3.31. The Morgan fingerprint density at radius 1 is 0.962 bits per heavy atom. The second-order valence-electron chi connectivity index (χ2n) is 5.94. The summed E-state index contributed by atoms with van der Waals surface area (Å²) in [5.74, 6) is 0.817. The minimum atomic E-state index is 0.542. The molecule has 1 aromatic heterocycles. The third-order valence-corrected chi connectivity index (χ3v) is 3.96. The average Bonchev–Trinajstić information content (AvgIpc) is 3.17. The molecule has 0 unspecified atom stereocenters. The summed E-state index contributed by atoms with van der Waals surface area (Å²) in [6.07, 6.45) is 2.93. The van der Waals surface area contributed by atoms with Crippen LogP contribution in [0, 0.1) is 0 Å². The van der Waals surface area contributed by atoms with Gasteiger partial charge in [-0.2, -0.15) is 5.10 Å². The fourth-order valence-electron chi connectivity index (χ4n) is 2.64. The largest absolute Gasteiger partial charge is 0.357 e. The highest BCUT2D eigenvalue weighted by Crippen LogP contribution is 2.07. The van der Waals surface area contributed by atoms with Crippen molar-refractivity contribution in [1.29, 1.82) is 0 Å². The number of hydrogen-bond acceptors (Lipinski definition) is 2. The average molecular weight is 347 g/mol. The Hall–Kier alpha value is -3.08. The van der Waals surface area contributed by atoms with Crippen molar-refractivity contribution in [2.24, 2.45) is 4.99 Å². The van der Waals surface area contributed by atoms with E-state index in [1.165, 1.54) is 5.56 Å². The summed E-state index contributed by atoms with van der Waals surface area (Å²) in [7, 11) is 0. The van der Waals surface area contributed by atoms with Gasteiger partial charge < -0.3 is 10.6 Å². The lowest BCUT2D eigenvalue weighted by Crippen LogP contribution is -2.38. The molecule has 3 aromatic rings. The maximum absolute atomic E-state index is 4.64. The molecule has 0 atom stereocenters. The molecular weight excluding hydrogens is 322 g/mol. The van der Waals surface area contributed by atoms with Gasteiger partial charge in [-0.25, -0.2) is 9.67 Å². The zero-order valence-corrected chi connectivity index (χ0v) is 15.1. The fourth-order valence-corrected chi connectivity index (χ4v) is 2.64. The first kappa shape index (κ1) is 17.7. The van der Waals surface area contributed by atoms with Gasteiger partial charge >= 0.3 is 0 Å². The van der Waals surface area contributed by atoms with Crippen LogP contribution in [0.1, 0.15) is 18.2 Å². The highest BCUT2D eigenvalue weighted by atomic mass is 15.3. The van der Waals surface area contributed by atoms with E-state index in [4.69, 9.17) is 0 Å². The normalized spacial score (nSPS) is 11.3. The Kier molecular flexibility index (Phi) is 6.42. The molecule has 2 N–H and O–H groups in total. The smallest absolute Gasteiger partial charge is 0.191 e. The summed E-state index contributed by atoms with van der Waals surface area (Å²) in [4.78, 5) is 4.64. The molecule has 3 rings (SSSR count). The van der Waals surface area contributed by atoms with Gasteiger partial charge in [0.2, 0.25) is 0 Å². The van der Waals surface area contributed by atoms with Crippen LogP contribution in [-0.2, 0) is 13.0 Å². The molecule has 0 radical (unpaired) electrons. The van der Waals surface area contributed by atoms with E-state index in [1.807, 2.05) is 53.3 Å². The monoisotopic (exact) mass is 347 g/mol. The highest BCUT2D eigenvalue weighted by Gasteiger charge is 2.02. The van der Waals surface area contributed by atoms with Crippen LogP contribution in [0.4, 0.5) is 0 Å². The summed E-state index contributed by atoms with van der Waals surface area (Å²) in [6, 6.07) is 22.6. The molecule has 0 aliphatic heterocycles. The summed E-state index contributed by atoms with van der Waals surface area (Å²) < 4.78 is 1.88. The summed E-state index contributed by atoms with van der Waals surface area (Å²) in [5, 5.41) is 11.3. The molecule has 26 heavy (non-hydrogen) atoms. The molecule has 1 heterocycles. The molecule has 134 valence electrons. The van der Waals surface area contributed by atoms with Gasteiger partial charge in [-0.05, 0) is 37.1 Å². The molecular formula is C21H25N5. The van der Waals surface area contributed by atoms with E-state index in [9.17, 15) is 0 Å². The Balaban J connectivity index is 1.56. The van der Waals surface area contributed by atoms with Crippen LogP contribution in [0.2, 0.25) is 0 Å². The Bertz CT molecular complexity index is 809. The number of benzene rings is 2. The van der Waals surface area contributed by atoms with Crippen molar-refractivity contribution in [3.05, 3.63) is 84.2 Å². The van der Waals surface area contributed by atoms with Crippen molar-refractivity contribution < 1.29 is 0 Å². The highest BCUT2D eigenvalue weighted by molar-refractivity contribution is 5.79. The first-order valence-corrected chi connectivity index (χ1v) is 9.01. The van der Waals surface area contributed by atoms with Crippen molar-refractivity contribution in [2.45, 2.75) is 19.9 Å². The van der Waals surface area contributed by atoms with Crippen molar-refractivity contribution in [3.8, 4) is 5.69 Å². The number of rotatable bonds is 7. The fraction of sp³-hybridized carbons (Fsp3) is 0.238. The van der Waals surface area contributed by atoms with Gasteiger partial charge in [0.1, 0.15) is 0 Å². The van der Waals surface area contributed by atoms with Crippen LogP contribution >= 0.6 is 0 Å². The second-order valence-corrected chi connectivity index (χ2v) is 5.94. The molecule has 0 spiro atoms. The van der Waals surface area contributed by atoms with Gasteiger partial charge in [0.25, 0.3) is 0 Å². The summed E-state index contributed by atoms with van der Waals surface area (Å²) in [6.45, 7) is 4.28. The zero-order valence-electron chi connectivity index (χ0n) is 15.1. The topological polar surface area (TPSA) is 54.2 Å². The number of aliphatic imine (C=N–C) groups is 1. The van der Waals surface area contributed by atoms with E-state index in [0.29, 0.717) is 6.54 Å². The van der Waals surface area contributed by atoms with Crippen LogP contribution in [-0.4, -0.2) is 28.8 Å². The van der Waals surface area contributed by atoms with E-state index in [2.05, 4.69) is 51.9 Å². The lowest BCUT2D eigenvalue weighted by molar-refractivity contribution is 0.788. The molecule has 5 nitrogen and oxygen atoms in total. The van der Waals surface area contributed by atoms with Crippen LogP contribution in [0.25, 0.3) is 5.69 Å². The second kappa shape index (κ2) is 9.42. The Morgan fingerprint density at radius 2 is 1.69 bits per heavy atom. The molecule has 0 fully saturated rings. The third-order valence-electron chi connectivity index (χ3n) is 3.96. The predicted molar refractivity (Wildman–Crippen MR) is 107 cm³/mol. The predicted octanol–water partition coefficient (Wildman–Crippen LogP) is 3.17. The van der Waals surface area contributed by atoms with Crippen molar-refractivity contribution in [1.82, 2.24) is 20.4 Å². The number of nitrogens with one attached hydrogen (secondary N) is 2. The molecule has 2 aromatic carbocycles. The number of hydrogen-bond donors (Lipinski definition) is 2. The van der Waals surface area contributed by atoms with Crippen molar-refractivity contribution in [3.63, 3.8) is 0 Å². The van der Waals surface area contributed by atoms with Crippen LogP contribution in [0.5, 0.6) is 0 Å². The SMILES string of the molecule is CCNC(=NCc1ccn(-c2ccccc2)n1)NCCc1ccccc1. The third kappa shape index (κ3) is 5.21. The van der Waals surface area contributed by atoms with Gasteiger partial charge in [0.15, 0.2) is 5.96 Å². The first-order valence-electron chi connectivity index (χ1n) is 9.01. The van der Waals surface area contributed by atoms with Crippen LogP contribution in [0.15, 0.2) is 77.9 Å². The zero-order chi connectivity index (χ0) is 18.0. The minimum absolute atomic E-state index is 0.542. The number of aromatic nitrogens is 2. The van der Waals surface area contributed by atoms with Gasteiger partial charge in [0, 0.05) is 19.3 Å². The van der Waals surface area contributed by atoms with Crippen molar-refractivity contribution >= 4 is 5.96 Å². The quantitative estimate of drug-likeness (QED) is 0.510. The van der Waals surface area contributed by atoms with Gasteiger partial charge in [-0.15, -0.1) is 0 Å². The Morgan fingerprint density at radius 3 is 2.42 bits per heavy atom. The number of nitrogens with zero attached hydrogens (tertiary/aromatic N) is 3. The lowest BCUT2D eigenvalue weighted by atomic mass is 10.1. The van der Waals surface area contributed by atoms with Gasteiger partial charge in [-0.3, -0.25) is 0 Å².